The molecule has 3 heterocycles. The number of halogens is 2. The summed E-state index contributed by atoms with van der Waals surface area (Å²) in [5.41, 5.74) is 5.70. The maximum Gasteiger partial charge on any atom is 0.264 e. The molecule has 0 radical (unpaired) electrons. The largest absolute Gasteiger partial charge is 0.312 e. The molecule has 1 aromatic rings. The summed E-state index contributed by atoms with van der Waals surface area (Å²) in [5.74, 6) is 0. The number of fused-ring (bicyclic) bond motifs is 2. The Hall–Kier alpha value is -1.71. The van der Waals surface area contributed by atoms with Crippen molar-refractivity contribution in [2.75, 3.05) is 11.3 Å². The van der Waals surface area contributed by atoms with Crippen LogP contribution >= 0.6 is 24.0 Å². The zero-order chi connectivity index (χ0) is 16.7. The molecule has 10 heteroatoms. The molecule has 0 unspecified atom stereocenters. The van der Waals surface area contributed by atoms with Crippen LogP contribution in [-0.4, -0.2) is 20.0 Å². The van der Waals surface area contributed by atoms with Crippen LogP contribution in [0, 0.1) is 0 Å². The third-order valence-corrected chi connectivity index (χ3v) is 5.72. The number of hydrogen-bond acceptors (Lipinski definition) is 6. The van der Waals surface area contributed by atoms with Gasteiger partial charge in [-0.15, -0.1) is 12.4 Å². The first-order valence-corrected chi connectivity index (χ1v) is 9.27. The number of hydrogen-bond donors (Lipinski definition) is 3. The summed E-state index contributed by atoms with van der Waals surface area (Å²) in [4.78, 5) is 5.14. The number of nitrogens with one attached hydrogen (secondary N) is 3. The molecule has 25 heavy (non-hydrogen) atoms. The van der Waals surface area contributed by atoms with Crippen LogP contribution in [0.15, 0.2) is 52.3 Å². The third kappa shape index (κ3) is 3.36. The second-order valence-corrected chi connectivity index (χ2v) is 7.61. The predicted molar refractivity (Wildman–Crippen MR) is 97.8 cm³/mol. The minimum absolute atomic E-state index is 0. The molecule has 3 aliphatic rings. The number of hydroxylamine groups is 3. The molecule has 4 rings (SSSR count). The first-order chi connectivity index (χ1) is 11.5. The van der Waals surface area contributed by atoms with E-state index in [1.807, 2.05) is 12.1 Å². The Bertz CT molecular complexity index is 896. The topological polar surface area (TPSA) is 82.7 Å². The molecule has 0 saturated heterocycles. The van der Waals surface area contributed by atoms with E-state index in [0.29, 0.717) is 11.4 Å². The molecule has 0 amide bonds. The molecule has 1 aromatic carbocycles. The van der Waals surface area contributed by atoms with E-state index in [1.54, 1.807) is 6.07 Å². The highest BCUT2D eigenvalue weighted by Gasteiger charge is 2.33. The highest BCUT2D eigenvalue weighted by atomic mass is 35.5. The van der Waals surface area contributed by atoms with Gasteiger partial charge < -0.3 is 5.32 Å². The predicted octanol–water partition coefficient (Wildman–Crippen LogP) is 2.07. The maximum absolute atomic E-state index is 12.8. The van der Waals surface area contributed by atoms with Gasteiger partial charge in [-0.3, -0.25) is 4.72 Å². The molecule has 0 aromatic heterocycles. The van der Waals surface area contributed by atoms with Crippen LogP contribution in [0.5, 0.6) is 0 Å². The number of rotatable bonds is 3. The van der Waals surface area contributed by atoms with Crippen LogP contribution in [0.25, 0.3) is 0 Å². The minimum Gasteiger partial charge on any atom is -0.312 e. The number of benzene rings is 1. The van der Waals surface area contributed by atoms with E-state index in [1.165, 1.54) is 29.0 Å². The van der Waals surface area contributed by atoms with Gasteiger partial charge in [0, 0.05) is 12.2 Å². The Morgan fingerprint density at radius 3 is 2.92 bits per heavy atom. The summed E-state index contributed by atoms with van der Waals surface area (Å²) in [6, 6.07) is 5.61. The minimum atomic E-state index is -3.78. The van der Waals surface area contributed by atoms with E-state index in [2.05, 4.69) is 15.5 Å². The fraction of sp³-hybridized carbons (Fsp3) is 0.200. The van der Waals surface area contributed by atoms with Crippen LogP contribution in [0.1, 0.15) is 11.1 Å². The van der Waals surface area contributed by atoms with Gasteiger partial charge in [0.25, 0.3) is 10.0 Å². The summed E-state index contributed by atoms with van der Waals surface area (Å²) in [6.45, 7) is 1.68. The normalized spacial score (nSPS) is 18.8. The Morgan fingerprint density at radius 1 is 1.24 bits per heavy atom. The maximum atomic E-state index is 12.8. The summed E-state index contributed by atoms with van der Waals surface area (Å²) in [6.07, 6.45) is 5.31. The van der Waals surface area contributed by atoms with Crippen LogP contribution in [0.3, 0.4) is 0 Å². The van der Waals surface area contributed by atoms with Crippen molar-refractivity contribution in [2.24, 2.45) is 0 Å². The van der Waals surface area contributed by atoms with E-state index in [9.17, 15) is 8.42 Å². The van der Waals surface area contributed by atoms with Crippen molar-refractivity contribution in [3.05, 3.63) is 63.4 Å². The van der Waals surface area contributed by atoms with Crippen LogP contribution in [-0.2, 0) is 27.9 Å². The van der Waals surface area contributed by atoms with Crippen molar-refractivity contribution in [2.45, 2.75) is 13.0 Å². The summed E-state index contributed by atoms with van der Waals surface area (Å²) < 4.78 is 28.1. The molecule has 7 nitrogen and oxygen atoms in total. The van der Waals surface area contributed by atoms with Crippen molar-refractivity contribution >= 4 is 39.7 Å². The smallest absolute Gasteiger partial charge is 0.264 e. The summed E-state index contributed by atoms with van der Waals surface area (Å²) >= 11 is 5.99. The van der Waals surface area contributed by atoms with Crippen molar-refractivity contribution in [1.82, 2.24) is 15.9 Å². The molecule has 0 atom stereocenters. The summed E-state index contributed by atoms with van der Waals surface area (Å²) in [7, 11) is -3.78. The van der Waals surface area contributed by atoms with E-state index in [-0.39, 0.29) is 22.5 Å². The number of allylic oxidation sites excluding steroid dienone is 2. The number of sulfonamides is 1. The molecule has 0 aliphatic carbocycles. The lowest BCUT2D eigenvalue weighted by molar-refractivity contribution is -0.117. The van der Waals surface area contributed by atoms with Gasteiger partial charge in [0.15, 0.2) is 0 Å². The lowest BCUT2D eigenvalue weighted by atomic mass is 10.0. The van der Waals surface area contributed by atoms with Crippen molar-refractivity contribution < 1.29 is 13.4 Å². The van der Waals surface area contributed by atoms with Crippen molar-refractivity contribution in [1.29, 1.82) is 0 Å². The summed E-state index contributed by atoms with van der Waals surface area (Å²) in [5, 5.41) is 4.76. The zero-order valence-electron chi connectivity index (χ0n) is 13.0. The van der Waals surface area contributed by atoms with Gasteiger partial charge in [0.1, 0.15) is 15.8 Å². The van der Waals surface area contributed by atoms with Gasteiger partial charge in [0.05, 0.1) is 6.20 Å². The lowest BCUT2D eigenvalue weighted by Crippen LogP contribution is -2.26. The standard InChI is InChI=1S/C15H15ClN4O3S.ClH/c16-15-4-3-14(13-9-18-23-20(13)15)24(21,22)19-12-2-1-10-5-6-17-8-11(10)7-12;/h1-4,7,9,17-19H,5-6,8H2;1H. The van der Waals surface area contributed by atoms with Gasteiger partial charge in [-0.25, -0.2) is 13.9 Å². The Labute approximate surface area is 156 Å². The average Bonchev–Trinajstić information content (AvgIpc) is 3.05. The molecular weight excluding hydrogens is 387 g/mol. The van der Waals surface area contributed by atoms with Crippen LogP contribution in [0.2, 0.25) is 0 Å². The van der Waals surface area contributed by atoms with Crippen LogP contribution < -0.4 is 15.5 Å². The van der Waals surface area contributed by atoms with Gasteiger partial charge in [-0.1, -0.05) is 17.7 Å². The molecule has 3 aliphatic heterocycles. The SMILES string of the molecule is Cl.O=S(=O)(Nc1ccc2c(c1)CNCC2)C1=CC=C(Cl)N2ONC=C12. The van der Waals surface area contributed by atoms with E-state index in [0.717, 1.165) is 25.1 Å². The highest BCUT2D eigenvalue weighted by molar-refractivity contribution is 7.96. The second-order valence-electron chi connectivity index (χ2n) is 5.57. The molecule has 0 fully saturated rings. The monoisotopic (exact) mass is 402 g/mol. The van der Waals surface area contributed by atoms with Gasteiger partial charge in [-0.2, -0.15) is 10.0 Å². The highest BCUT2D eigenvalue weighted by Crippen LogP contribution is 2.33. The van der Waals surface area contributed by atoms with Crippen molar-refractivity contribution in [3.8, 4) is 0 Å². The van der Waals surface area contributed by atoms with E-state index in [4.69, 9.17) is 16.5 Å². The lowest BCUT2D eigenvalue weighted by Gasteiger charge is -2.23. The quantitative estimate of drug-likeness (QED) is 0.671. The van der Waals surface area contributed by atoms with E-state index >= 15 is 0 Å². The molecular formula is C15H16Cl2N4O3S. The average molecular weight is 403 g/mol. The van der Waals surface area contributed by atoms with Gasteiger partial charge >= 0.3 is 0 Å². The Kier molecular flexibility index (Phi) is 4.99. The third-order valence-electron chi connectivity index (χ3n) is 4.01. The van der Waals surface area contributed by atoms with Gasteiger partial charge in [-0.05, 0) is 48.4 Å². The fourth-order valence-corrected chi connectivity index (χ4v) is 4.25. The molecule has 3 N–H and O–H groups in total. The molecule has 0 bridgehead atoms. The fourth-order valence-electron chi connectivity index (χ4n) is 2.85. The molecule has 0 saturated carbocycles. The number of nitrogens with zero attached hydrogens (tertiary/aromatic N) is 1. The Morgan fingerprint density at radius 2 is 2.08 bits per heavy atom. The Balaban J connectivity index is 0.00000182. The molecule has 0 spiro atoms. The van der Waals surface area contributed by atoms with Crippen molar-refractivity contribution in [3.63, 3.8) is 0 Å². The second kappa shape index (κ2) is 6.89. The number of anilines is 1. The zero-order valence-corrected chi connectivity index (χ0v) is 15.3. The first kappa shape index (κ1) is 18.1. The van der Waals surface area contributed by atoms with E-state index < -0.39 is 10.0 Å². The van der Waals surface area contributed by atoms with Crippen LogP contribution in [0.4, 0.5) is 5.69 Å². The molecule has 134 valence electrons. The van der Waals surface area contributed by atoms with Gasteiger partial charge in [0.2, 0.25) is 0 Å². The first-order valence-electron chi connectivity index (χ1n) is 7.40.